The molecule has 1 heterocycles. The summed E-state index contributed by atoms with van der Waals surface area (Å²) < 4.78 is 5.89. The summed E-state index contributed by atoms with van der Waals surface area (Å²) >= 11 is 0. The van der Waals surface area contributed by atoms with Crippen LogP contribution >= 0.6 is 0 Å². The summed E-state index contributed by atoms with van der Waals surface area (Å²) in [5.74, 6) is 1.09. The first kappa shape index (κ1) is 21.4. The van der Waals surface area contributed by atoms with Crippen molar-refractivity contribution >= 4 is 5.91 Å². The molecule has 0 spiro atoms. The van der Waals surface area contributed by atoms with Crippen LogP contribution in [0, 0.1) is 13.8 Å². The van der Waals surface area contributed by atoms with Gasteiger partial charge in [0.15, 0.2) is 6.61 Å². The van der Waals surface area contributed by atoms with Gasteiger partial charge in [-0.1, -0.05) is 55.8 Å². The van der Waals surface area contributed by atoms with Crippen LogP contribution in [0.5, 0.6) is 5.75 Å². The molecule has 4 nitrogen and oxygen atoms in total. The van der Waals surface area contributed by atoms with E-state index in [1.54, 1.807) is 0 Å². The second-order valence-corrected chi connectivity index (χ2v) is 8.46. The molecule has 29 heavy (non-hydrogen) atoms. The van der Waals surface area contributed by atoms with Crippen LogP contribution in [-0.4, -0.2) is 37.0 Å². The lowest BCUT2D eigenvalue weighted by molar-refractivity contribution is -0.123. The van der Waals surface area contributed by atoms with Gasteiger partial charge in [-0.3, -0.25) is 9.69 Å². The van der Waals surface area contributed by atoms with E-state index in [1.807, 2.05) is 13.0 Å². The topological polar surface area (TPSA) is 41.6 Å². The standard InChI is InChI=1S/C25H34N2O2/c1-18(2)22-12-9-20(4)15-24(22)29-17-25(28)26-16-23(27-13-5-6-14-27)21-10-7-19(3)8-11-21/h7-12,15,18,23H,5-6,13-14,16-17H2,1-4H3,(H,26,28)/t23-/m1/s1. The molecule has 1 saturated heterocycles. The Kier molecular flexibility index (Phi) is 7.32. The molecule has 2 aromatic carbocycles. The zero-order chi connectivity index (χ0) is 20.8. The average Bonchev–Trinajstić information content (AvgIpc) is 3.22. The van der Waals surface area contributed by atoms with E-state index in [0.29, 0.717) is 12.5 Å². The molecule has 0 unspecified atom stereocenters. The Morgan fingerprint density at radius 1 is 1.03 bits per heavy atom. The molecule has 1 aliphatic rings. The maximum absolute atomic E-state index is 12.5. The number of ether oxygens (including phenoxy) is 1. The molecule has 4 heteroatoms. The van der Waals surface area contributed by atoms with Crippen LogP contribution in [0.1, 0.15) is 60.9 Å². The molecule has 0 saturated carbocycles. The summed E-state index contributed by atoms with van der Waals surface area (Å²) in [5.41, 5.74) is 4.79. The molecular formula is C25H34N2O2. The fraction of sp³-hybridized carbons (Fsp3) is 0.480. The lowest BCUT2D eigenvalue weighted by Crippen LogP contribution is -2.38. The van der Waals surface area contributed by atoms with E-state index in [0.717, 1.165) is 30.0 Å². The molecule has 3 rings (SSSR count). The molecule has 1 N–H and O–H groups in total. The van der Waals surface area contributed by atoms with Gasteiger partial charge in [0.1, 0.15) is 5.75 Å². The van der Waals surface area contributed by atoms with Crippen molar-refractivity contribution in [3.8, 4) is 5.75 Å². The van der Waals surface area contributed by atoms with Gasteiger partial charge in [0.05, 0.1) is 6.04 Å². The maximum atomic E-state index is 12.5. The first-order chi connectivity index (χ1) is 13.9. The SMILES string of the molecule is Cc1ccc([C@@H](CNC(=O)COc2cc(C)ccc2C(C)C)N2CCCC2)cc1. The number of hydrogen-bond donors (Lipinski definition) is 1. The molecule has 2 aromatic rings. The summed E-state index contributed by atoms with van der Waals surface area (Å²) in [6, 6.07) is 15.1. The summed E-state index contributed by atoms with van der Waals surface area (Å²) in [6.07, 6.45) is 2.45. The number of aryl methyl sites for hydroxylation is 2. The Hall–Kier alpha value is -2.33. The molecule has 1 fully saturated rings. The third-order valence-corrected chi connectivity index (χ3v) is 5.69. The van der Waals surface area contributed by atoms with E-state index < -0.39 is 0 Å². The normalized spacial score (nSPS) is 15.5. The minimum absolute atomic E-state index is 0.0454. The fourth-order valence-electron chi connectivity index (χ4n) is 3.95. The number of rotatable bonds is 8. The molecule has 1 atom stereocenters. The summed E-state index contributed by atoms with van der Waals surface area (Å²) in [7, 11) is 0. The number of hydrogen-bond acceptors (Lipinski definition) is 3. The van der Waals surface area contributed by atoms with Crippen molar-refractivity contribution < 1.29 is 9.53 Å². The number of carbonyl (C=O) groups is 1. The van der Waals surface area contributed by atoms with Gasteiger partial charge in [-0.2, -0.15) is 0 Å². The molecular weight excluding hydrogens is 360 g/mol. The number of amides is 1. The number of likely N-dealkylation sites (tertiary alicyclic amines) is 1. The number of benzene rings is 2. The zero-order valence-electron chi connectivity index (χ0n) is 18.2. The highest BCUT2D eigenvalue weighted by Crippen LogP contribution is 2.28. The van der Waals surface area contributed by atoms with Crippen LogP contribution in [-0.2, 0) is 4.79 Å². The van der Waals surface area contributed by atoms with E-state index >= 15 is 0 Å². The summed E-state index contributed by atoms with van der Waals surface area (Å²) in [4.78, 5) is 15.0. The summed E-state index contributed by atoms with van der Waals surface area (Å²) in [6.45, 7) is 11.3. The highest BCUT2D eigenvalue weighted by molar-refractivity contribution is 5.77. The van der Waals surface area contributed by atoms with Crippen LogP contribution in [0.4, 0.5) is 0 Å². The van der Waals surface area contributed by atoms with Gasteiger partial charge in [0.2, 0.25) is 0 Å². The van der Waals surface area contributed by atoms with Crippen molar-refractivity contribution in [3.63, 3.8) is 0 Å². The molecule has 0 bridgehead atoms. The van der Waals surface area contributed by atoms with Gasteiger partial charge < -0.3 is 10.1 Å². The van der Waals surface area contributed by atoms with Gasteiger partial charge in [-0.05, 0) is 68.5 Å². The molecule has 0 aliphatic carbocycles. The van der Waals surface area contributed by atoms with Crippen molar-refractivity contribution in [2.45, 2.75) is 52.5 Å². The second kappa shape index (κ2) is 9.93. The lowest BCUT2D eigenvalue weighted by atomic mass is 10.0. The maximum Gasteiger partial charge on any atom is 0.258 e. The highest BCUT2D eigenvalue weighted by Gasteiger charge is 2.24. The number of nitrogens with one attached hydrogen (secondary N) is 1. The molecule has 0 radical (unpaired) electrons. The van der Waals surface area contributed by atoms with Crippen molar-refractivity contribution in [2.75, 3.05) is 26.2 Å². The minimum Gasteiger partial charge on any atom is -0.483 e. The van der Waals surface area contributed by atoms with Crippen molar-refractivity contribution in [1.82, 2.24) is 10.2 Å². The number of carbonyl (C=O) groups excluding carboxylic acids is 1. The lowest BCUT2D eigenvalue weighted by Gasteiger charge is -2.28. The monoisotopic (exact) mass is 394 g/mol. The Morgan fingerprint density at radius 3 is 2.34 bits per heavy atom. The van der Waals surface area contributed by atoms with E-state index in [-0.39, 0.29) is 18.6 Å². The van der Waals surface area contributed by atoms with Crippen LogP contribution < -0.4 is 10.1 Å². The van der Waals surface area contributed by atoms with E-state index in [2.05, 4.69) is 67.4 Å². The third kappa shape index (κ3) is 5.83. The largest absolute Gasteiger partial charge is 0.483 e. The average molecular weight is 395 g/mol. The van der Waals surface area contributed by atoms with Crippen molar-refractivity contribution in [2.24, 2.45) is 0 Å². The minimum atomic E-state index is -0.0717. The Morgan fingerprint density at radius 2 is 1.69 bits per heavy atom. The van der Waals surface area contributed by atoms with Crippen LogP contribution in [0.2, 0.25) is 0 Å². The zero-order valence-corrected chi connectivity index (χ0v) is 18.2. The first-order valence-corrected chi connectivity index (χ1v) is 10.7. The quantitative estimate of drug-likeness (QED) is 0.702. The molecule has 156 valence electrons. The molecule has 1 amide bonds. The van der Waals surface area contributed by atoms with Crippen molar-refractivity contribution in [3.05, 3.63) is 64.7 Å². The Bertz CT molecular complexity index is 808. The van der Waals surface area contributed by atoms with E-state index in [9.17, 15) is 4.79 Å². The Labute approximate surface area is 175 Å². The number of nitrogens with zero attached hydrogens (tertiary/aromatic N) is 1. The van der Waals surface area contributed by atoms with Crippen LogP contribution in [0.15, 0.2) is 42.5 Å². The van der Waals surface area contributed by atoms with Crippen molar-refractivity contribution in [1.29, 1.82) is 0 Å². The van der Waals surface area contributed by atoms with Crippen LogP contribution in [0.3, 0.4) is 0 Å². The van der Waals surface area contributed by atoms with Gasteiger partial charge in [0.25, 0.3) is 5.91 Å². The van der Waals surface area contributed by atoms with E-state index in [1.165, 1.54) is 24.0 Å². The van der Waals surface area contributed by atoms with Gasteiger partial charge in [-0.15, -0.1) is 0 Å². The highest BCUT2D eigenvalue weighted by atomic mass is 16.5. The predicted octanol–water partition coefficient (Wildman–Crippen LogP) is 4.76. The predicted molar refractivity (Wildman–Crippen MR) is 118 cm³/mol. The smallest absolute Gasteiger partial charge is 0.258 e. The fourth-order valence-corrected chi connectivity index (χ4v) is 3.95. The molecule has 1 aliphatic heterocycles. The van der Waals surface area contributed by atoms with E-state index in [4.69, 9.17) is 4.74 Å². The first-order valence-electron chi connectivity index (χ1n) is 10.7. The van der Waals surface area contributed by atoms with Gasteiger partial charge in [0, 0.05) is 6.54 Å². The van der Waals surface area contributed by atoms with Gasteiger partial charge in [-0.25, -0.2) is 0 Å². The second-order valence-electron chi connectivity index (χ2n) is 8.46. The Balaban J connectivity index is 1.60. The third-order valence-electron chi connectivity index (χ3n) is 5.69. The van der Waals surface area contributed by atoms with Gasteiger partial charge >= 0.3 is 0 Å². The molecule has 0 aromatic heterocycles. The van der Waals surface area contributed by atoms with Crippen LogP contribution in [0.25, 0.3) is 0 Å². The summed E-state index contributed by atoms with van der Waals surface area (Å²) in [5, 5.41) is 3.10.